The van der Waals surface area contributed by atoms with Gasteiger partial charge in [-0.05, 0) is 31.7 Å². The first-order valence-electron chi connectivity index (χ1n) is 5.81. The molecule has 1 aromatic heterocycles. The van der Waals surface area contributed by atoms with Gasteiger partial charge in [-0.2, -0.15) is 0 Å². The van der Waals surface area contributed by atoms with Gasteiger partial charge in [-0.3, -0.25) is 4.98 Å². The number of rotatable bonds is 4. The predicted octanol–water partition coefficient (Wildman–Crippen LogP) is 2.34. The minimum atomic E-state index is 0.104. The molecule has 0 radical (unpaired) electrons. The Labute approximate surface area is 96.5 Å². The normalized spacial score (nSPS) is 16.8. The summed E-state index contributed by atoms with van der Waals surface area (Å²) in [4.78, 5) is 4.55. The van der Waals surface area contributed by atoms with Crippen LogP contribution in [-0.2, 0) is 4.74 Å². The standard InChI is InChI=1S/C13H18N2O/c1-3-14-13(12-8-5-9-16-12)11-7-4-6-10(2)15-11/h4,6-8,13-14H,3,5,9H2,1-2H3. The summed E-state index contributed by atoms with van der Waals surface area (Å²) in [5, 5.41) is 3.41. The Morgan fingerprint density at radius 1 is 1.50 bits per heavy atom. The summed E-state index contributed by atoms with van der Waals surface area (Å²) in [5.74, 6) is 1.01. The number of likely N-dealkylation sites (N-methyl/N-ethyl adjacent to an activating group) is 1. The Hall–Kier alpha value is -1.35. The van der Waals surface area contributed by atoms with Crippen molar-refractivity contribution in [2.45, 2.75) is 26.3 Å². The highest BCUT2D eigenvalue weighted by molar-refractivity contribution is 5.22. The molecule has 0 aromatic carbocycles. The molecule has 2 heterocycles. The van der Waals surface area contributed by atoms with Gasteiger partial charge in [0.25, 0.3) is 0 Å². The molecule has 0 fully saturated rings. The number of aromatic nitrogens is 1. The molecule has 0 saturated carbocycles. The maximum Gasteiger partial charge on any atom is 0.115 e. The second-order valence-corrected chi connectivity index (χ2v) is 3.94. The molecule has 0 bridgehead atoms. The fourth-order valence-corrected chi connectivity index (χ4v) is 1.92. The Morgan fingerprint density at radius 3 is 3.00 bits per heavy atom. The predicted molar refractivity (Wildman–Crippen MR) is 64.0 cm³/mol. The third-order valence-corrected chi connectivity index (χ3v) is 2.63. The second-order valence-electron chi connectivity index (χ2n) is 3.94. The van der Waals surface area contributed by atoms with E-state index in [1.54, 1.807) is 0 Å². The van der Waals surface area contributed by atoms with Gasteiger partial charge in [0.2, 0.25) is 0 Å². The van der Waals surface area contributed by atoms with Gasteiger partial charge in [-0.1, -0.05) is 13.0 Å². The fourth-order valence-electron chi connectivity index (χ4n) is 1.92. The third-order valence-electron chi connectivity index (χ3n) is 2.63. The number of hydrogen-bond acceptors (Lipinski definition) is 3. The van der Waals surface area contributed by atoms with Gasteiger partial charge >= 0.3 is 0 Å². The molecule has 1 N–H and O–H groups in total. The second kappa shape index (κ2) is 5.12. The molecule has 0 aliphatic carbocycles. The van der Waals surface area contributed by atoms with Crippen molar-refractivity contribution in [3.63, 3.8) is 0 Å². The number of ether oxygens (including phenoxy) is 1. The van der Waals surface area contributed by atoms with E-state index in [0.29, 0.717) is 0 Å². The minimum absolute atomic E-state index is 0.104. The van der Waals surface area contributed by atoms with E-state index in [2.05, 4.69) is 23.3 Å². The van der Waals surface area contributed by atoms with Crippen molar-refractivity contribution in [1.29, 1.82) is 0 Å². The van der Waals surface area contributed by atoms with Crippen LogP contribution in [0.3, 0.4) is 0 Å². The van der Waals surface area contributed by atoms with Gasteiger partial charge in [-0.25, -0.2) is 0 Å². The van der Waals surface area contributed by atoms with Gasteiger partial charge in [0.05, 0.1) is 12.3 Å². The van der Waals surface area contributed by atoms with Gasteiger partial charge in [-0.15, -0.1) is 0 Å². The van der Waals surface area contributed by atoms with Gasteiger partial charge in [0.1, 0.15) is 11.8 Å². The van der Waals surface area contributed by atoms with Crippen LogP contribution in [-0.4, -0.2) is 18.1 Å². The monoisotopic (exact) mass is 218 g/mol. The molecule has 0 amide bonds. The number of nitrogens with zero attached hydrogens (tertiary/aromatic N) is 1. The molecule has 3 nitrogen and oxygen atoms in total. The lowest BCUT2D eigenvalue weighted by molar-refractivity contribution is 0.215. The van der Waals surface area contributed by atoms with E-state index >= 15 is 0 Å². The van der Waals surface area contributed by atoms with E-state index in [0.717, 1.165) is 36.7 Å². The van der Waals surface area contributed by atoms with Crippen molar-refractivity contribution in [3.05, 3.63) is 41.4 Å². The lowest BCUT2D eigenvalue weighted by Crippen LogP contribution is -2.24. The Kier molecular flexibility index (Phi) is 3.57. The first-order valence-corrected chi connectivity index (χ1v) is 5.81. The van der Waals surface area contributed by atoms with E-state index < -0.39 is 0 Å². The van der Waals surface area contributed by atoms with Crippen LogP contribution in [0.25, 0.3) is 0 Å². The molecular weight excluding hydrogens is 200 g/mol. The van der Waals surface area contributed by atoms with Crippen LogP contribution in [0, 0.1) is 6.92 Å². The molecule has 0 saturated heterocycles. The summed E-state index contributed by atoms with van der Waals surface area (Å²) < 4.78 is 5.62. The molecular formula is C13H18N2O. The average molecular weight is 218 g/mol. The molecule has 1 unspecified atom stereocenters. The van der Waals surface area contributed by atoms with Crippen LogP contribution in [0.4, 0.5) is 0 Å². The van der Waals surface area contributed by atoms with Crippen LogP contribution >= 0.6 is 0 Å². The van der Waals surface area contributed by atoms with Gasteiger partial charge in [0, 0.05) is 12.1 Å². The van der Waals surface area contributed by atoms with Crippen LogP contribution in [0.2, 0.25) is 0 Å². The van der Waals surface area contributed by atoms with Crippen LogP contribution < -0.4 is 5.32 Å². The lowest BCUT2D eigenvalue weighted by atomic mass is 10.1. The Bertz CT molecular complexity index is 387. The highest BCUT2D eigenvalue weighted by atomic mass is 16.5. The van der Waals surface area contributed by atoms with Crippen molar-refractivity contribution in [1.82, 2.24) is 10.3 Å². The Balaban J connectivity index is 2.24. The highest BCUT2D eigenvalue weighted by Crippen LogP contribution is 2.25. The number of nitrogens with one attached hydrogen (secondary N) is 1. The highest BCUT2D eigenvalue weighted by Gasteiger charge is 2.20. The van der Waals surface area contributed by atoms with Crippen molar-refractivity contribution in [2.75, 3.05) is 13.2 Å². The summed E-state index contributed by atoms with van der Waals surface area (Å²) in [5.41, 5.74) is 2.08. The van der Waals surface area contributed by atoms with Crippen molar-refractivity contribution >= 4 is 0 Å². The summed E-state index contributed by atoms with van der Waals surface area (Å²) in [6.07, 6.45) is 3.15. The summed E-state index contributed by atoms with van der Waals surface area (Å²) in [6, 6.07) is 6.20. The quantitative estimate of drug-likeness (QED) is 0.842. The summed E-state index contributed by atoms with van der Waals surface area (Å²) in [7, 11) is 0. The largest absolute Gasteiger partial charge is 0.496 e. The van der Waals surface area contributed by atoms with E-state index in [9.17, 15) is 0 Å². The third kappa shape index (κ3) is 2.42. The minimum Gasteiger partial charge on any atom is -0.496 e. The first kappa shape index (κ1) is 11.1. The van der Waals surface area contributed by atoms with Crippen LogP contribution in [0.5, 0.6) is 0 Å². The molecule has 86 valence electrons. The average Bonchev–Trinajstić information content (AvgIpc) is 2.79. The SMILES string of the molecule is CCNC(C1=CCCO1)c1cccc(C)n1. The smallest absolute Gasteiger partial charge is 0.115 e. The zero-order valence-electron chi connectivity index (χ0n) is 9.86. The first-order chi connectivity index (χ1) is 7.81. The van der Waals surface area contributed by atoms with Gasteiger partial charge in [0.15, 0.2) is 0 Å². The van der Waals surface area contributed by atoms with Gasteiger partial charge < -0.3 is 10.1 Å². The lowest BCUT2D eigenvalue weighted by Gasteiger charge is -2.18. The molecule has 1 aliphatic heterocycles. The molecule has 1 aromatic rings. The zero-order valence-corrected chi connectivity index (χ0v) is 9.86. The summed E-state index contributed by atoms with van der Waals surface area (Å²) in [6.45, 7) is 5.80. The van der Waals surface area contributed by atoms with Crippen LogP contribution in [0.15, 0.2) is 30.0 Å². The summed E-state index contributed by atoms with van der Waals surface area (Å²) >= 11 is 0. The van der Waals surface area contributed by atoms with E-state index in [1.165, 1.54) is 0 Å². The van der Waals surface area contributed by atoms with E-state index in [-0.39, 0.29) is 6.04 Å². The fraction of sp³-hybridized carbons (Fsp3) is 0.462. The zero-order chi connectivity index (χ0) is 11.4. The number of hydrogen-bond donors (Lipinski definition) is 1. The molecule has 1 aliphatic rings. The van der Waals surface area contributed by atoms with Crippen LogP contribution in [0.1, 0.15) is 30.8 Å². The number of aryl methyl sites for hydroxylation is 1. The molecule has 3 heteroatoms. The topological polar surface area (TPSA) is 34.1 Å². The molecule has 16 heavy (non-hydrogen) atoms. The van der Waals surface area contributed by atoms with E-state index in [4.69, 9.17) is 4.74 Å². The molecule has 0 spiro atoms. The van der Waals surface area contributed by atoms with Crippen molar-refractivity contribution in [3.8, 4) is 0 Å². The number of pyridine rings is 1. The van der Waals surface area contributed by atoms with Crippen molar-refractivity contribution in [2.24, 2.45) is 0 Å². The molecule has 1 atom stereocenters. The Morgan fingerprint density at radius 2 is 2.38 bits per heavy atom. The molecule has 2 rings (SSSR count). The van der Waals surface area contributed by atoms with E-state index in [1.807, 2.05) is 25.1 Å². The van der Waals surface area contributed by atoms with Crippen molar-refractivity contribution < 1.29 is 4.74 Å². The maximum absolute atomic E-state index is 5.62. The maximum atomic E-state index is 5.62.